The molecule has 0 aliphatic carbocycles. The molecule has 1 aromatic rings. The molecule has 44 valence electrons. The second-order valence-electron chi connectivity index (χ2n) is 1.44. The Hall–Kier alpha value is -0.0200. The molecular formula is C4H4BrClN2. The average Bonchev–Trinajstić information content (AvgIpc) is 1.98. The van der Waals surface area contributed by atoms with Gasteiger partial charge in [0.15, 0.2) is 5.15 Å². The summed E-state index contributed by atoms with van der Waals surface area (Å²) in [6, 6.07) is 0. The molecule has 0 unspecified atom stereocenters. The lowest BCUT2D eigenvalue weighted by atomic mass is 10.9. The van der Waals surface area contributed by atoms with Crippen molar-refractivity contribution in [1.29, 1.82) is 0 Å². The van der Waals surface area contributed by atoms with E-state index in [2.05, 4.69) is 20.9 Å². The summed E-state index contributed by atoms with van der Waals surface area (Å²) < 4.78 is 2.61. The van der Waals surface area contributed by atoms with Crippen molar-refractivity contribution in [3.63, 3.8) is 0 Å². The van der Waals surface area contributed by atoms with Crippen LogP contribution in [0.25, 0.3) is 0 Å². The second-order valence-corrected chi connectivity index (χ2v) is 2.55. The Morgan fingerprint density at radius 3 is 2.62 bits per heavy atom. The van der Waals surface area contributed by atoms with Crippen molar-refractivity contribution in [3.8, 4) is 0 Å². The first kappa shape index (κ1) is 6.11. The number of nitrogens with zero attached hydrogens (tertiary/aromatic N) is 2. The summed E-state index contributed by atoms with van der Waals surface area (Å²) in [5, 5.41) is 0.507. The normalized spacial score (nSPS) is 9.88. The first-order valence-corrected chi connectivity index (χ1v) is 3.21. The summed E-state index contributed by atoms with van der Waals surface area (Å²) in [6.45, 7) is 0. The second kappa shape index (κ2) is 2.07. The lowest BCUT2D eigenvalue weighted by Crippen LogP contribution is -1.81. The van der Waals surface area contributed by atoms with Crippen LogP contribution < -0.4 is 0 Å². The van der Waals surface area contributed by atoms with E-state index in [1.807, 2.05) is 7.05 Å². The van der Waals surface area contributed by atoms with Gasteiger partial charge in [-0.25, -0.2) is 4.98 Å². The van der Waals surface area contributed by atoms with Gasteiger partial charge in [0.2, 0.25) is 0 Å². The third kappa shape index (κ3) is 0.880. The fraction of sp³-hybridized carbons (Fsp3) is 0.250. The summed E-state index contributed by atoms with van der Waals surface area (Å²) in [5.41, 5.74) is 0. The van der Waals surface area contributed by atoms with Crippen LogP contribution in [0.15, 0.2) is 10.9 Å². The van der Waals surface area contributed by atoms with Gasteiger partial charge in [0, 0.05) is 7.05 Å². The summed E-state index contributed by atoms with van der Waals surface area (Å²) >= 11 is 8.77. The van der Waals surface area contributed by atoms with E-state index in [1.54, 1.807) is 10.9 Å². The number of hydrogen-bond acceptors (Lipinski definition) is 1. The van der Waals surface area contributed by atoms with Crippen LogP contribution >= 0.6 is 27.5 Å². The predicted molar refractivity (Wildman–Crippen MR) is 35.9 cm³/mol. The minimum absolute atomic E-state index is 0.507. The Morgan fingerprint density at radius 1 is 1.88 bits per heavy atom. The SMILES string of the molecule is Cn1cnc(Cl)c1Br. The average molecular weight is 195 g/mol. The predicted octanol–water partition coefficient (Wildman–Crippen LogP) is 1.84. The smallest absolute Gasteiger partial charge is 0.161 e. The van der Waals surface area contributed by atoms with Crippen LogP contribution in [0.3, 0.4) is 0 Å². The Bertz CT molecular complexity index is 176. The monoisotopic (exact) mass is 194 g/mol. The molecule has 0 saturated carbocycles. The molecule has 0 aliphatic rings. The zero-order valence-electron chi connectivity index (χ0n) is 4.23. The Labute approximate surface area is 60.6 Å². The molecule has 1 rings (SSSR count). The van der Waals surface area contributed by atoms with Gasteiger partial charge in [0.25, 0.3) is 0 Å². The molecule has 0 fully saturated rings. The summed E-state index contributed by atoms with van der Waals surface area (Å²) in [7, 11) is 1.86. The van der Waals surface area contributed by atoms with Crippen molar-refractivity contribution in [2.24, 2.45) is 7.05 Å². The molecule has 0 aromatic carbocycles. The van der Waals surface area contributed by atoms with Crippen LogP contribution in [0.5, 0.6) is 0 Å². The van der Waals surface area contributed by atoms with Crippen LogP contribution in [-0.4, -0.2) is 9.55 Å². The zero-order chi connectivity index (χ0) is 6.15. The standard InChI is InChI=1S/C4H4BrClN2/c1-8-2-7-4(6)3(8)5/h2H,1H3. The molecule has 0 N–H and O–H groups in total. The van der Waals surface area contributed by atoms with Gasteiger partial charge in [-0.2, -0.15) is 0 Å². The highest BCUT2D eigenvalue weighted by Gasteiger charge is 1.98. The molecule has 0 radical (unpaired) electrons. The van der Waals surface area contributed by atoms with Gasteiger partial charge in [-0.05, 0) is 15.9 Å². The Morgan fingerprint density at radius 2 is 2.50 bits per heavy atom. The van der Waals surface area contributed by atoms with Crippen LogP contribution in [-0.2, 0) is 7.05 Å². The molecule has 0 bridgehead atoms. The number of rotatable bonds is 0. The molecule has 1 heterocycles. The van der Waals surface area contributed by atoms with Gasteiger partial charge in [-0.15, -0.1) is 0 Å². The topological polar surface area (TPSA) is 17.8 Å². The highest BCUT2D eigenvalue weighted by Crippen LogP contribution is 2.18. The third-order valence-electron chi connectivity index (χ3n) is 0.824. The lowest BCUT2D eigenvalue weighted by molar-refractivity contribution is 0.891. The number of halogens is 2. The van der Waals surface area contributed by atoms with Gasteiger partial charge < -0.3 is 4.57 Å². The number of imidazole rings is 1. The van der Waals surface area contributed by atoms with Gasteiger partial charge >= 0.3 is 0 Å². The van der Waals surface area contributed by atoms with Crippen molar-refractivity contribution >= 4 is 27.5 Å². The van der Waals surface area contributed by atoms with Crippen LogP contribution in [0.4, 0.5) is 0 Å². The summed E-state index contributed by atoms with van der Waals surface area (Å²) in [5.74, 6) is 0. The first-order valence-electron chi connectivity index (χ1n) is 2.04. The fourth-order valence-electron chi connectivity index (χ4n) is 0.387. The van der Waals surface area contributed by atoms with Gasteiger partial charge in [0.1, 0.15) is 4.60 Å². The fourth-order valence-corrected chi connectivity index (χ4v) is 0.758. The molecule has 0 amide bonds. The highest BCUT2D eigenvalue weighted by molar-refractivity contribution is 9.10. The summed E-state index contributed by atoms with van der Waals surface area (Å²) in [6.07, 6.45) is 1.65. The highest BCUT2D eigenvalue weighted by atomic mass is 79.9. The van der Waals surface area contributed by atoms with Crippen molar-refractivity contribution in [2.45, 2.75) is 0 Å². The third-order valence-corrected chi connectivity index (χ3v) is 2.26. The van der Waals surface area contributed by atoms with Crippen molar-refractivity contribution in [2.75, 3.05) is 0 Å². The molecule has 0 spiro atoms. The lowest BCUT2D eigenvalue weighted by Gasteiger charge is -1.87. The van der Waals surface area contributed by atoms with E-state index in [1.165, 1.54) is 0 Å². The van der Waals surface area contributed by atoms with Crippen molar-refractivity contribution in [3.05, 3.63) is 16.1 Å². The summed E-state index contributed by atoms with van der Waals surface area (Å²) in [4.78, 5) is 3.80. The van der Waals surface area contributed by atoms with Crippen molar-refractivity contribution < 1.29 is 0 Å². The van der Waals surface area contributed by atoms with E-state index in [0.717, 1.165) is 4.60 Å². The number of aromatic nitrogens is 2. The van der Waals surface area contributed by atoms with Crippen LogP contribution in [0.2, 0.25) is 5.15 Å². The van der Waals surface area contributed by atoms with E-state index in [-0.39, 0.29) is 0 Å². The maximum Gasteiger partial charge on any atom is 0.161 e. The van der Waals surface area contributed by atoms with Crippen LogP contribution in [0.1, 0.15) is 0 Å². The zero-order valence-corrected chi connectivity index (χ0v) is 6.57. The molecule has 8 heavy (non-hydrogen) atoms. The minimum atomic E-state index is 0.507. The minimum Gasteiger partial charge on any atom is -0.327 e. The molecule has 0 atom stereocenters. The molecular weight excluding hydrogens is 191 g/mol. The first-order chi connectivity index (χ1) is 3.72. The van der Waals surface area contributed by atoms with E-state index in [9.17, 15) is 0 Å². The van der Waals surface area contributed by atoms with Gasteiger partial charge in [-0.1, -0.05) is 11.6 Å². The van der Waals surface area contributed by atoms with Gasteiger partial charge in [0.05, 0.1) is 6.33 Å². The number of hydrogen-bond donors (Lipinski definition) is 0. The van der Waals surface area contributed by atoms with E-state index < -0.39 is 0 Å². The molecule has 0 saturated heterocycles. The number of aryl methyl sites for hydroxylation is 1. The van der Waals surface area contributed by atoms with E-state index >= 15 is 0 Å². The Balaban J connectivity index is 3.19. The molecule has 2 nitrogen and oxygen atoms in total. The molecule has 1 aromatic heterocycles. The van der Waals surface area contributed by atoms with E-state index in [0.29, 0.717) is 5.15 Å². The van der Waals surface area contributed by atoms with Gasteiger partial charge in [-0.3, -0.25) is 0 Å². The largest absolute Gasteiger partial charge is 0.327 e. The molecule has 4 heteroatoms. The quantitative estimate of drug-likeness (QED) is 0.618. The molecule has 0 aliphatic heterocycles. The maximum absolute atomic E-state index is 5.55. The maximum atomic E-state index is 5.55. The Kier molecular flexibility index (Phi) is 1.58. The van der Waals surface area contributed by atoms with E-state index in [4.69, 9.17) is 11.6 Å². The van der Waals surface area contributed by atoms with Crippen LogP contribution in [0, 0.1) is 0 Å². The van der Waals surface area contributed by atoms with Crippen molar-refractivity contribution in [1.82, 2.24) is 9.55 Å².